The number of aromatic nitrogens is 4. The number of nitriles is 1. The van der Waals surface area contributed by atoms with Gasteiger partial charge in [0.2, 0.25) is 5.88 Å². The largest absolute Gasteiger partial charge is 0.481 e. The average Bonchev–Trinajstić information content (AvgIpc) is 3.60. The molecule has 0 amide bonds. The van der Waals surface area contributed by atoms with Crippen molar-refractivity contribution in [2.75, 3.05) is 45.2 Å². The fourth-order valence-corrected chi connectivity index (χ4v) is 5.31. The summed E-state index contributed by atoms with van der Waals surface area (Å²) in [6, 6.07) is 8.17. The SMILES string of the molecule is CN/C=C(\C=N)c1cc(-c2csc(N3CCN(Cc4ccc(OC)nc4)CC3)n2)c2c(C#N)cnn2c1. The van der Waals surface area contributed by atoms with Crippen molar-refractivity contribution in [1.29, 1.82) is 10.7 Å². The molecule has 0 aliphatic carbocycles. The van der Waals surface area contributed by atoms with Gasteiger partial charge in [0.25, 0.3) is 0 Å². The van der Waals surface area contributed by atoms with Gasteiger partial charge in [-0.05, 0) is 11.6 Å². The van der Waals surface area contributed by atoms with Crippen molar-refractivity contribution in [3.63, 3.8) is 0 Å². The Morgan fingerprint density at radius 2 is 2.11 bits per heavy atom. The molecule has 188 valence electrons. The minimum Gasteiger partial charge on any atom is -0.481 e. The standard InChI is InChI=1S/C26H27N9OS/c1-29-13-20(10-27)19-9-22(25-21(11-28)14-31-35(25)16-19)23-17-37-26(32-23)34-7-5-33(6-8-34)15-18-3-4-24(36-2)30-12-18/h3-4,9-10,12-14,16-17,27,29H,5-8,15H2,1-2H3/b20-13+,27-10?. The molecule has 1 aliphatic rings. The Bertz CT molecular complexity index is 1470. The number of fused-ring (bicyclic) bond motifs is 1. The molecule has 0 saturated carbocycles. The maximum absolute atomic E-state index is 9.67. The molecule has 0 atom stereocenters. The second-order valence-corrected chi connectivity index (χ2v) is 9.46. The highest BCUT2D eigenvalue weighted by Crippen LogP contribution is 2.33. The van der Waals surface area contributed by atoms with Gasteiger partial charge in [0.05, 0.1) is 30.1 Å². The van der Waals surface area contributed by atoms with E-state index >= 15 is 0 Å². The molecule has 1 saturated heterocycles. The smallest absolute Gasteiger partial charge is 0.212 e. The van der Waals surface area contributed by atoms with Crippen LogP contribution < -0.4 is 15.0 Å². The summed E-state index contributed by atoms with van der Waals surface area (Å²) in [6.07, 6.45) is 8.33. The van der Waals surface area contributed by atoms with Crippen LogP contribution in [0.25, 0.3) is 22.3 Å². The van der Waals surface area contributed by atoms with Crippen molar-refractivity contribution < 1.29 is 4.74 Å². The summed E-state index contributed by atoms with van der Waals surface area (Å²) >= 11 is 1.60. The monoisotopic (exact) mass is 513 g/mol. The minimum absolute atomic E-state index is 0.492. The van der Waals surface area contributed by atoms with Gasteiger partial charge >= 0.3 is 0 Å². The summed E-state index contributed by atoms with van der Waals surface area (Å²) in [7, 11) is 3.42. The van der Waals surface area contributed by atoms with Crippen molar-refractivity contribution >= 4 is 33.8 Å². The van der Waals surface area contributed by atoms with Crippen molar-refractivity contribution in [1.82, 2.24) is 29.8 Å². The highest BCUT2D eigenvalue weighted by atomic mass is 32.1. The van der Waals surface area contributed by atoms with Gasteiger partial charge in [0.1, 0.15) is 6.07 Å². The van der Waals surface area contributed by atoms with E-state index in [1.54, 1.807) is 42.4 Å². The van der Waals surface area contributed by atoms with Crippen LogP contribution >= 0.6 is 11.3 Å². The molecular weight excluding hydrogens is 486 g/mol. The first-order chi connectivity index (χ1) is 18.1. The fraction of sp³-hybridized carbons (Fsp3) is 0.269. The van der Waals surface area contributed by atoms with E-state index in [9.17, 15) is 5.26 Å². The van der Waals surface area contributed by atoms with Crippen molar-refractivity contribution in [3.05, 3.63) is 65.1 Å². The minimum atomic E-state index is 0.492. The maximum Gasteiger partial charge on any atom is 0.212 e. The number of anilines is 1. The number of methoxy groups -OCH3 is 1. The fourth-order valence-electron chi connectivity index (χ4n) is 4.43. The second-order valence-electron chi connectivity index (χ2n) is 8.63. The molecule has 37 heavy (non-hydrogen) atoms. The van der Waals surface area contributed by atoms with Gasteiger partial charge in [-0.1, -0.05) is 6.07 Å². The Morgan fingerprint density at radius 3 is 2.78 bits per heavy atom. The Labute approximate surface area is 219 Å². The van der Waals surface area contributed by atoms with E-state index in [0.717, 1.165) is 60.2 Å². The number of nitrogens with one attached hydrogen (secondary N) is 2. The first-order valence-electron chi connectivity index (χ1n) is 11.9. The van der Waals surface area contributed by atoms with Crippen LogP contribution in [0.1, 0.15) is 16.7 Å². The van der Waals surface area contributed by atoms with E-state index in [1.165, 1.54) is 11.8 Å². The van der Waals surface area contributed by atoms with Gasteiger partial charge in [0.15, 0.2) is 5.13 Å². The summed E-state index contributed by atoms with van der Waals surface area (Å²) in [5, 5.41) is 27.8. The summed E-state index contributed by atoms with van der Waals surface area (Å²) in [6.45, 7) is 4.47. The number of ether oxygens (including phenoxy) is 1. The molecule has 5 heterocycles. The number of pyridine rings is 2. The van der Waals surface area contributed by atoms with E-state index in [-0.39, 0.29) is 0 Å². The first kappa shape index (κ1) is 24.4. The van der Waals surface area contributed by atoms with Crippen LogP contribution in [-0.4, -0.2) is 71.0 Å². The highest BCUT2D eigenvalue weighted by molar-refractivity contribution is 7.14. The Hall–Kier alpha value is -4.27. The topological polar surface area (TPSA) is 118 Å². The maximum atomic E-state index is 9.67. The van der Waals surface area contributed by atoms with Crippen LogP contribution in [0.2, 0.25) is 0 Å². The number of allylic oxidation sites excluding steroid dienone is 1. The molecule has 4 aromatic rings. The Morgan fingerprint density at radius 1 is 1.27 bits per heavy atom. The molecule has 0 bridgehead atoms. The Kier molecular flexibility index (Phi) is 7.11. The second kappa shape index (κ2) is 10.8. The van der Waals surface area contributed by atoms with E-state index in [0.29, 0.717) is 17.0 Å². The molecule has 0 aromatic carbocycles. The molecule has 5 rings (SSSR count). The molecule has 2 N–H and O–H groups in total. The zero-order chi connectivity index (χ0) is 25.8. The number of hydrogen-bond donors (Lipinski definition) is 2. The van der Waals surface area contributed by atoms with Gasteiger partial charge < -0.3 is 20.4 Å². The normalized spacial score (nSPS) is 14.5. The summed E-state index contributed by atoms with van der Waals surface area (Å²) < 4.78 is 6.85. The Balaban J connectivity index is 1.36. The number of nitrogens with zero attached hydrogens (tertiary/aromatic N) is 7. The molecule has 0 spiro atoms. The van der Waals surface area contributed by atoms with Gasteiger partial charge in [-0.15, -0.1) is 11.3 Å². The third-order valence-electron chi connectivity index (χ3n) is 6.34. The number of hydrogen-bond acceptors (Lipinski definition) is 10. The van der Waals surface area contributed by atoms with Crippen LogP contribution in [0.4, 0.5) is 5.13 Å². The predicted octanol–water partition coefficient (Wildman–Crippen LogP) is 3.27. The zero-order valence-corrected chi connectivity index (χ0v) is 21.5. The lowest BCUT2D eigenvalue weighted by Gasteiger charge is -2.34. The van der Waals surface area contributed by atoms with E-state index in [2.05, 4.69) is 37.3 Å². The number of piperazine rings is 1. The van der Waals surface area contributed by atoms with Gasteiger partial charge in [-0.2, -0.15) is 10.4 Å². The molecule has 0 unspecified atom stereocenters. The van der Waals surface area contributed by atoms with Crippen molar-refractivity contribution in [2.45, 2.75) is 6.54 Å². The summed E-state index contributed by atoms with van der Waals surface area (Å²) in [4.78, 5) is 14.0. The van der Waals surface area contributed by atoms with Gasteiger partial charge in [-0.25, -0.2) is 14.5 Å². The van der Waals surface area contributed by atoms with Gasteiger partial charge in [0, 0.05) is 92.7 Å². The van der Waals surface area contributed by atoms with Crippen LogP contribution in [0.15, 0.2) is 48.4 Å². The molecular formula is C26H27N9OS. The first-order valence-corrected chi connectivity index (χ1v) is 12.7. The molecule has 10 nitrogen and oxygen atoms in total. The van der Waals surface area contributed by atoms with E-state index in [1.807, 2.05) is 29.9 Å². The van der Waals surface area contributed by atoms with Crippen molar-refractivity contribution in [2.24, 2.45) is 0 Å². The van der Waals surface area contributed by atoms with Crippen LogP contribution in [0, 0.1) is 16.7 Å². The van der Waals surface area contributed by atoms with Crippen LogP contribution in [0.5, 0.6) is 5.88 Å². The predicted molar refractivity (Wildman–Crippen MR) is 145 cm³/mol. The van der Waals surface area contributed by atoms with Crippen LogP contribution in [-0.2, 0) is 6.54 Å². The van der Waals surface area contributed by atoms with Gasteiger partial charge in [-0.3, -0.25) is 4.90 Å². The third-order valence-corrected chi connectivity index (χ3v) is 7.25. The number of thiazole rings is 1. The molecule has 0 radical (unpaired) electrons. The molecule has 4 aromatic heterocycles. The number of rotatable bonds is 8. The molecule has 1 aliphatic heterocycles. The average molecular weight is 514 g/mol. The van der Waals surface area contributed by atoms with Crippen LogP contribution in [0.3, 0.4) is 0 Å². The van der Waals surface area contributed by atoms with Crippen molar-refractivity contribution in [3.8, 4) is 23.2 Å². The lowest BCUT2D eigenvalue weighted by Crippen LogP contribution is -2.45. The summed E-state index contributed by atoms with van der Waals surface area (Å²) in [5.74, 6) is 0.626. The lowest BCUT2D eigenvalue weighted by molar-refractivity contribution is 0.249. The summed E-state index contributed by atoms with van der Waals surface area (Å²) in [5.41, 5.74) is 5.52. The molecule has 11 heteroatoms. The third kappa shape index (κ3) is 5.02. The lowest BCUT2D eigenvalue weighted by atomic mass is 10.0. The highest BCUT2D eigenvalue weighted by Gasteiger charge is 2.22. The molecule has 1 fully saturated rings. The zero-order valence-electron chi connectivity index (χ0n) is 20.7. The van der Waals surface area contributed by atoms with E-state index < -0.39 is 0 Å². The quantitative estimate of drug-likeness (QED) is 0.345. The van der Waals surface area contributed by atoms with E-state index in [4.69, 9.17) is 15.1 Å².